The summed E-state index contributed by atoms with van der Waals surface area (Å²) in [5, 5.41) is 11.7. The number of aromatic nitrogens is 3. The third-order valence-corrected chi connectivity index (χ3v) is 5.54. The van der Waals surface area contributed by atoms with Crippen LogP contribution in [0.4, 0.5) is 4.39 Å². The van der Waals surface area contributed by atoms with Crippen LogP contribution in [0.1, 0.15) is 46.0 Å². The van der Waals surface area contributed by atoms with Crippen molar-refractivity contribution >= 4 is 23.5 Å². The van der Waals surface area contributed by atoms with Crippen molar-refractivity contribution in [3.8, 4) is 0 Å². The number of hydrogen-bond donors (Lipinski definition) is 1. The number of Topliss-reactive ketones (excluding diaryl/α,β-unsaturated/α-hetero) is 1. The molecule has 0 fully saturated rings. The monoisotopic (exact) mass is 440 g/mol. The van der Waals surface area contributed by atoms with E-state index in [0.29, 0.717) is 29.0 Å². The van der Waals surface area contributed by atoms with Gasteiger partial charge in [-0.15, -0.1) is 10.2 Å². The van der Waals surface area contributed by atoms with Gasteiger partial charge in [0, 0.05) is 12.1 Å². The predicted octanol–water partition coefficient (Wildman–Crippen LogP) is 4.29. The number of nitrogens with zero attached hydrogens (tertiary/aromatic N) is 3. The number of carbonyl (C=O) groups is 2. The van der Waals surface area contributed by atoms with Gasteiger partial charge in [0.1, 0.15) is 5.82 Å². The van der Waals surface area contributed by atoms with Crippen LogP contribution in [0.25, 0.3) is 0 Å². The van der Waals surface area contributed by atoms with Gasteiger partial charge >= 0.3 is 0 Å². The second kappa shape index (κ2) is 10.3. The summed E-state index contributed by atoms with van der Waals surface area (Å²) in [6, 6.07) is 13.3. The molecule has 31 heavy (non-hydrogen) atoms. The predicted molar refractivity (Wildman–Crippen MR) is 119 cm³/mol. The zero-order chi connectivity index (χ0) is 22.4. The van der Waals surface area contributed by atoms with Gasteiger partial charge in [0.2, 0.25) is 0 Å². The minimum atomic E-state index is -0.575. The number of aryl methyl sites for hydroxylation is 1. The van der Waals surface area contributed by atoms with Crippen LogP contribution >= 0.6 is 11.8 Å². The molecule has 0 aliphatic carbocycles. The molecule has 1 N–H and O–H groups in total. The van der Waals surface area contributed by atoms with E-state index < -0.39 is 11.7 Å². The molecule has 8 heteroatoms. The van der Waals surface area contributed by atoms with Crippen LogP contribution in [0, 0.1) is 18.7 Å². The Morgan fingerprint density at radius 3 is 2.48 bits per heavy atom. The number of carbonyl (C=O) groups excluding carboxylic acids is 2. The number of thioether (sulfide) groups is 1. The van der Waals surface area contributed by atoms with Gasteiger partial charge in [-0.1, -0.05) is 67.6 Å². The SMILES string of the molecule is Cc1ccc(C(=O)CSc2nnc(CNC(=O)c3ccccc3F)n2CC(C)C)cc1. The molecule has 0 saturated heterocycles. The Morgan fingerprint density at radius 2 is 1.81 bits per heavy atom. The van der Waals surface area contributed by atoms with Crippen LogP contribution < -0.4 is 5.32 Å². The van der Waals surface area contributed by atoms with Gasteiger partial charge in [-0.05, 0) is 25.0 Å². The molecule has 0 radical (unpaired) electrons. The minimum Gasteiger partial charge on any atom is -0.345 e. The maximum Gasteiger partial charge on any atom is 0.254 e. The third kappa shape index (κ3) is 6.01. The molecule has 0 bridgehead atoms. The molecule has 0 aliphatic heterocycles. The summed E-state index contributed by atoms with van der Waals surface area (Å²) < 4.78 is 15.7. The Bertz CT molecular complexity index is 1060. The van der Waals surface area contributed by atoms with Crippen LogP contribution in [0.15, 0.2) is 53.7 Å². The maximum absolute atomic E-state index is 13.8. The smallest absolute Gasteiger partial charge is 0.254 e. The fourth-order valence-electron chi connectivity index (χ4n) is 2.96. The molecule has 1 aromatic heterocycles. The largest absolute Gasteiger partial charge is 0.345 e. The highest BCUT2D eigenvalue weighted by Gasteiger charge is 2.17. The lowest BCUT2D eigenvalue weighted by atomic mass is 10.1. The highest BCUT2D eigenvalue weighted by Crippen LogP contribution is 2.20. The van der Waals surface area contributed by atoms with Gasteiger partial charge in [-0.25, -0.2) is 4.39 Å². The molecule has 0 saturated carbocycles. The second-order valence-corrected chi connectivity index (χ2v) is 8.59. The minimum absolute atomic E-state index is 0.0125. The van der Waals surface area contributed by atoms with Crippen molar-refractivity contribution in [3.63, 3.8) is 0 Å². The molecule has 1 heterocycles. The Balaban J connectivity index is 1.69. The third-order valence-electron chi connectivity index (χ3n) is 4.57. The molecule has 2 aromatic carbocycles. The van der Waals surface area contributed by atoms with E-state index in [2.05, 4.69) is 29.4 Å². The molecule has 6 nitrogen and oxygen atoms in total. The van der Waals surface area contributed by atoms with E-state index in [4.69, 9.17) is 0 Å². The first kappa shape index (κ1) is 22.7. The summed E-state index contributed by atoms with van der Waals surface area (Å²) in [4.78, 5) is 24.8. The summed E-state index contributed by atoms with van der Waals surface area (Å²) in [6.07, 6.45) is 0. The van der Waals surface area contributed by atoms with Crippen LogP contribution in [0.2, 0.25) is 0 Å². The number of nitrogens with one attached hydrogen (secondary N) is 1. The molecular weight excluding hydrogens is 415 g/mol. The lowest BCUT2D eigenvalue weighted by Crippen LogP contribution is -2.26. The summed E-state index contributed by atoms with van der Waals surface area (Å²) in [7, 11) is 0. The average molecular weight is 441 g/mol. The number of amides is 1. The van der Waals surface area contributed by atoms with Crippen LogP contribution in [-0.4, -0.2) is 32.2 Å². The first-order valence-corrected chi connectivity index (χ1v) is 11.0. The van der Waals surface area contributed by atoms with Gasteiger partial charge in [-0.2, -0.15) is 0 Å². The molecule has 3 aromatic rings. The second-order valence-electron chi connectivity index (χ2n) is 7.64. The van der Waals surface area contributed by atoms with Gasteiger partial charge in [0.05, 0.1) is 17.9 Å². The van der Waals surface area contributed by atoms with Gasteiger partial charge in [0.15, 0.2) is 16.8 Å². The Kier molecular flexibility index (Phi) is 7.57. The number of ketones is 1. The summed E-state index contributed by atoms with van der Waals surface area (Å²) in [5.74, 6) is 0.0303. The Morgan fingerprint density at radius 1 is 1.10 bits per heavy atom. The molecule has 0 atom stereocenters. The van der Waals surface area contributed by atoms with Crippen LogP contribution in [-0.2, 0) is 13.1 Å². The standard InChI is InChI=1S/C23H25FN4O2S/c1-15(2)13-28-21(12-25-22(30)18-6-4-5-7-19(18)24)26-27-23(28)31-14-20(29)17-10-8-16(3)9-11-17/h4-11,15H,12-14H2,1-3H3,(H,25,30). The number of rotatable bonds is 9. The zero-order valence-electron chi connectivity index (χ0n) is 17.8. The van der Waals surface area contributed by atoms with E-state index in [1.54, 1.807) is 6.07 Å². The van der Waals surface area contributed by atoms with Crippen molar-refractivity contribution < 1.29 is 14.0 Å². The Labute approximate surface area is 185 Å². The van der Waals surface area contributed by atoms with Crippen LogP contribution in [0.3, 0.4) is 0 Å². The quantitative estimate of drug-likeness (QED) is 0.397. The molecule has 0 unspecified atom stereocenters. The van der Waals surface area contributed by atoms with E-state index in [1.165, 1.54) is 30.0 Å². The molecule has 0 spiro atoms. The first-order valence-electron chi connectivity index (χ1n) is 10.0. The van der Waals surface area contributed by atoms with Crippen molar-refractivity contribution in [1.82, 2.24) is 20.1 Å². The van der Waals surface area contributed by atoms with Gasteiger partial charge in [0.25, 0.3) is 5.91 Å². The van der Waals surface area contributed by atoms with E-state index >= 15 is 0 Å². The summed E-state index contributed by atoms with van der Waals surface area (Å²) in [5.41, 5.74) is 1.74. The molecule has 1 amide bonds. The maximum atomic E-state index is 13.8. The van der Waals surface area contributed by atoms with Crippen molar-refractivity contribution in [1.29, 1.82) is 0 Å². The lowest BCUT2D eigenvalue weighted by molar-refractivity contribution is 0.0944. The summed E-state index contributed by atoms with van der Waals surface area (Å²) >= 11 is 1.32. The highest BCUT2D eigenvalue weighted by atomic mass is 32.2. The Hall–Kier alpha value is -3.00. The fraction of sp³-hybridized carbons (Fsp3) is 0.304. The van der Waals surface area contributed by atoms with Crippen LogP contribution in [0.5, 0.6) is 0 Å². The normalized spacial score (nSPS) is 11.0. The first-order chi connectivity index (χ1) is 14.8. The molecule has 0 aliphatic rings. The van der Waals surface area contributed by atoms with Gasteiger partial charge in [-0.3, -0.25) is 9.59 Å². The van der Waals surface area contributed by atoms with Crippen molar-refractivity contribution in [3.05, 3.63) is 76.9 Å². The molecule has 162 valence electrons. The highest BCUT2D eigenvalue weighted by molar-refractivity contribution is 7.99. The molecular formula is C23H25FN4O2S. The number of halogens is 1. The van der Waals surface area contributed by atoms with Gasteiger partial charge < -0.3 is 9.88 Å². The fourth-order valence-corrected chi connectivity index (χ4v) is 3.82. The lowest BCUT2D eigenvalue weighted by Gasteiger charge is -2.13. The number of hydrogen-bond acceptors (Lipinski definition) is 5. The van der Waals surface area contributed by atoms with Crippen molar-refractivity contribution in [2.75, 3.05) is 5.75 Å². The molecule has 3 rings (SSSR count). The summed E-state index contributed by atoms with van der Waals surface area (Å²) in [6.45, 7) is 6.85. The topological polar surface area (TPSA) is 76.9 Å². The van der Waals surface area contributed by atoms with Crippen molar-refractivity contribution in [2.45, 2.75) is 39.0 Å². The van der Waals surface area contributed by atoms with E-state index in [-0.39, 0.29) is 23.6 Å². The van der Waals surface area contributed by atoms with E-state index in [0.717, 1.165) is 5.56 Å². The van der Waals surface area contributed by atoms with Crippen molar-refractivity contribution in [2.24, 2.45) is 5.92 Å². The van der Waals surface area contributed by atoms with E-state index in [1.807, 2.05) is 35.8 Å². The van der Waals surface area contributed by atoms with E-state index in [9.17, 15) is 14.0 Å². The number of benzene rings is 2. The average Bonchev–Trinajstić information content (AvgIpc) is 3.12. The zero-order valence-corrected chi connectivity index (χ0v) is 18.6.